The summed E-state index contributed by atoms with van der Waals surface area (Å²) in [5.74, 6) is 0. The van der Waals surface area contributed by atoms with Crippen molar-refractivity contribution in [3.8, 4) is 0 Å². The predicted octanol–water partition coefficient (Wildman–Crippen LogP) is 1.88. The van der Waals surface area contributed by atoms with E-state index in [1.54, 1.807) is 7.11 Å². The Labute approximate surface area is 101 Å². The SMILES string of the molecule is CCC(C)NC1CCN(CCCOC)CC1. The Bertz CT molecular complexity index is 167. The number of nitrogens with zero attached hydrogens (tertiary/aromatic N) is 1. The Balaban J connectivity index is 2.08. The zero-order chi connectivity index (χ0) is 11.8. The zero-order valence-electron chi connectivity index (χ0n) is 11.2. The summed E-state index contributed by atoms with van der Waals surface area (Å²) in [6.45, 7) is 9.12. The van der Waals surface area contributed by atoms with E-state index in [2.05, 4.69) is 24.1 Å². The van der Waals surface area contributed by atoms with Crippen molar-refractivity contribution in [1.82, 2.24) is 10.2 Å². The van der Waals surface area contributed by atoms with Gasteiger partial charge >= 0.3 is 0 Å². The van der Waals surface area contributed by atoms with Crippen LogP contribution in [0.3, 0.4) is 0 Å². The molecule has 3 nitrogen and oxygen atoms in total. The predicted molar refractivity (Wildman–Crippen MR) is 68.8 cm³/mol. The summed E-state index contributed by atoms with van der Waals surface area (Å²) in [7, 11) is 1.78. The average Bonchev–Trinajstić information content (AvgIpc) is 2.31. The summed E-state index contributed by atoms with van der Waals surface area (Å²) in [6, 6.07) is 1.42. The van der Waals surface area contributed by atoms with E-state index in [4.69, 9.17) is 4.74 Å². The molecule has 1 atom stereocenters. The molecular weight excluding hydrogens is 200 g/mol. The first-order valence-corrected chi connectivity index (χ1v) is 6.73. The zero-order valence-corrected chi connectivity index (χ0v) is 11.2. The van der Waals surface area contributed by atoms with Crippen molar-refractivity contribution in [2.75, 3.05) is 33.4 Å². The highest BCUT2D eigenvalue weighted by atomic mass is 16.5. The highest BCUT2D eigenvalue weighted by Crippen LogP contribution is 2.11. The molecule has 1 unspecified atom stereocenters. The van der Waals surface area contributed by atoms with E-state index >= 15 is 0 Å². The van der Waals surface area contributed by atoms with Crippen molar-refractivity contribution in [2.24, 2.45) is 0 Å². The third-order valence-corrected chi connectivity index (χ3v) is 3.54. The normalized spacial score (nSPS) is 21.2. The second kappa shape index (κ2) is 8.04. The van der Waals surface area contributed by atoms with Crippen molar-refractivity contribution >= 4 is 0 Å². The van der Waals surface area contributed by atoms with Crippen LogP contribution in [0.5, 0.6) is 0 Å². The highest BCUT2D eigenvalue weighted by Gasteiger charge is 2.19. The van der Waals surface area contributed by atoms with Gasteiger partial charge in [0.1, 0.15) is 0 Å². The fourth-order valence-electron chi connectivity index (χ4n) is 2.28. The van der Waals surface area contributed by atoms with Gasteiger partial charge in [0.05, 0.1) is 0 Å². The second-order valence-electron chi connectivity index (χ2n) is 4.94. The molecule has 1 saturated heterocycles. The Kier molecular flexibility index (Phi) is 7.01. The first-order chi connectivity index (χ1) is 7.76. The van der Waals surface area contributed by atoms with Crippen molar-refractivity contribution < 1.29 is 4.74 Å². The third kappa shape index (κ3) is 5.28. The van der Waals surface area contributed by atoms with Crippen LogP contribution in [0.25, 0.3) is 0 Å². The molecule has 0 aromatic rings. The quantitative estimate of drug-likeness (QED) is 0.673. The lowest BCUT2D eigenvalue weighted by Crippen LogP contribution is -2.45. The Morgan fingerprint density at radius 2 is 2.06 bits per heavy atom. The van der Waals surface area contributed by atoms with Crippen molar-refractivity contribution in [2.45, 2.75) is 51.6 Å². The van der Waals surface area contributed by atoms with Crippen LogP contribution in [0.4, 0.5) is 0 Å². The molecule has 16 heavy (non-hydrogen) atoms. The van der Waals surface area contributed by atoms with Gasteiger partial charge in [0.25, 0.3) is 0 Å². The lowest BCUT2D eigenvalue weighted by molar-refractivity contribution is 0.151. The highest BCUT2D eigenvalue weighted by molar-refractivity contribution is 4.78. The van der Waals surface area contributed by atoms with E-state index in [0.717, 1.165) is 12.6 Å². The van der Waals surface area contributed by atoms with E-state index in [9.17, 15) is 0 Å². The smallest absolute Gasteiger partial charge is 0.0474 e. The summed E-state index contributed by atoms with van der Waals surface area (Å²) in [6.07, 6.45) is 5.00. The number of hydrogen-bond donors (Lipinski definition) is 1. The van der Waals surface area contributed by atoms with Gasteiger partial charge < -0.3 is 15.0 Å². The molecule has 1 N–H and O–H groups in total. The molecule has 1 heterocycles. The van der Waals surface area contributed by atoms with Gasteiger partial charge in [-0.15, -0.1) is 0 Å². The first kappa shape index (κ1) is 13.9. The topological polar surface area (TPSA) is 24.5 Å². The van der Waals surface area contributed by atoms with Crippen LogP contribution in [-0.4, -0.2) is 50.3 Å². The van der Waals surface area contributed by atoms with Gasteiger partial charge in [0.2, 0.25) is 0 Å². The summed E-state index contributed by atoms with van der Waals surface area (Å²) < 4.78 is 5.08. The van der Waals surface area contributed by atoms with Crippen molar-refractivity contribution in [3.63, 3.8) is 0 Å². The minimum absolute atomic E-state index is 0.671. The van der Waals surface area contributed by atoms with Gasteiger partial charge in [0.15, 0.2) is 0 Å². The molecule has 3 heteroatoms. The number of methoxy groups -OCH3 is 1. The minimum atomic E-state index is 0.671. The standard InChI is InChI=1S/C13H28N2O/c1-4-12(2)14-13-6-9-15(10-7-13)8-5-11-16-3/h12-14H,4-11H2,1-3H3. The first-order valence-electron chi connectivity index (χ1n) is 6.73. The summed E-state index contributed by atoms with van der Waals surface area (Å²) in [5.41, 5.74) is 0. The Hall–Kier alpha value is -0.120. The minimum Gasteiger partial charge on any atom is -0.385 e. The third-order valence-electron chi connectivity index (χ3n) is 3.54. The summed E-state index contributed by atoms with van der Waals surface area (Å²) >= 11 is 0. The number of likely N-dealkylation sites (tertiary alicyclic amines) is 1. The van der Waals surface area contributed by atoms with Crippen LogP contribution in [0.1, 0.15) is 39.5 Å². The van der Waals surface area contributed by atoms with Gasteiger partial charge in [-0.3, -0.25) is 0 Å². The molecule has 0 amide bonds. The fourth-order valence-corrected chi connectivity index (χ4v) is 2.28. The van der Waals surface area contributed by atoms with Crippen LogP contribution in [0.15, 0.2) is 0 Å². The number of ether oxygens (including phenoxy) is 1. The van der Waals surface area contributed by atoms with E-state index in [0.29, 0.717) is 6.04 Å². The van der Waals surface area contributed by atoms with E-state index < -0.39 is 0 Å². The van der Waals surface area contributed by atoms with Gasteiger partial charge in [-0.05, 0) is 45.7 Å². The molecule has 1 fully saturated rings. The fraction of sp³-hybridized carbons (Fsp3) is 1.00. The molecule has 0 saturated carbocycles. The molecule has 1 rings (SSSR count). The molecule has 0 bridgehead atoms. The molecule has 0 radical (unpaired) electrons. The monoisotopic (exact) mass is 228 g/mol. The van der Waals surface area contributed by atoms with Gasteiger partial charge in [-0.1, -0.05) is 6.92 Å². The van der Waals surface area contributed by atoms with Crippen LogP contribution in [0.2, 0.25) is 0 Å². The molecule has 0 spiro atoms. The Morgan fingerprint density at radius 1 is 1.38 bits per heavy atom. The Morgan fingerprint density at radius 3 is 2.62 bits per heavy atom. The van der Waals surface area contributed by atoms with Crippen molar-refractivity contribution in [1.29, 1.82) is 0 Å². The lowest BCUT2D eigenvalue weighted by Gasteiger charge is -2.33. The van der Waals surface area contributed by atoms with Gasteiger partial charge in [-0.2, -0.15) is 0 Å². The summed E-state index contributed by atoms with van der Waals surface area (Å²) in [5, 5.41) is 3.70. The number of piperidine rings is 1. The number of rotatable bonds is 7. The molecule has 0 aromatic heterocycles. The molecule has 96 valence electrons. The lowest BCUT2D eigenvalue weighted by atomic mass is 10.0. The molecule has 0 aliphatic carbocycles. The van der Waals surface area contributed by atoms with Crippen LogP contribution < -0.4 is 5.32 Å². The van der Waals surface area contributed by atoms with Crippen molar-refractivity contribution in [3.05, 3.63) is 0 Å². The summed E-state index contributed by atoms with van der Waals surface area (Å²) in [4.78, 5) is 2.56. The maximum absolute atomic E-state index is 5.08. The van der Waals surface area contributed by atoms with Crippen LogP contribution in [-0.2, 0) is 4.74 Å². The molecule has 1 aliphatic rings. The molecule has 1 aliphatic heterocycles. The van der Waals surface area contributed by atoms with Gasteiger partial charge in [0, 0.05) is 32.3 Å². The molecule has 0 aromatic carbocycles. The number of nitrogens with one attached hydrogen (secondary N) is 1. The van der Waals surface area contributed by atoms with E-state index in [1.807, 2.05) is 0 Å². The maximum Gasteiger partial charge on any atom is 0.0474 e. The van der Waals surface area contributed by atoms with Gasteiger partial charge in [-0.25, -0.2) is 0 Å². The molecular formula is C13H28N2O. The van der Waals surface area contributed by atoms with Crippen LogP contribution in [0, 0.1) is 0 Å². The van der Waals surface area contributed by atoms with E-state index in [1.165, 1.54) is 45.3 Å². The van der Waals surface area contributed by atoms with E-state index in [-0.39, 0.29) is 0 Å². The van der Waals surface area contributed by atoms with Crippen LogP contribution >= 0.6 is 0 Å². The maximum atomic E-state index is 5.08. The average molecular weight is 228 g/mol. The largest absolute Gasteiger partial charge is 0.385 e. The number of hydrogen-bond acceptors (Lipinski definition) is 3. The second-order valence-corrected chi connectivity index (χ2v) is 4.94.